The lowest BCUT2D eigenvalue weighted by Crippen LogP contribution is -2.44. The summed E-state index contributed by atoms with van der Waals surface area (Å²) in [4.78, 5) is 39.8. The molecule has 0 bridgehead atoms. The lowest BCUT2D eigenvalue weighted by atomic mass is 9.93. The molecule has 3 N–H and O–H groups in total. The summed E-state index contributed by atoms with van der Waals surface area (Å²) in [6.45, 7) is 1.15. The molecular weight excluding hydrogens is 608 g/mol. The average molecular weight is 657 g/mol. The summed E-state index contributed by atoms with van der Waals surface area (Å²) in [6.07, 6.45) is 7.67. The minimum atomic E-state index is -0.597. The highest BCUT2D eigenvalue weighted by Crippen LogP contribution is 2.21. The summed E-state index contributed by atoms with van der Waals surface area (Å²) < 4.78 is 17.1. The molecule has 48 heavy (non-hydrogen) atoms. The monoisotopic (exact) mass is 656 g/mol. The van der Waals surface area contributed by atoms with Crippen LogP contribution >= 0.6 is 0 Å². The van der Waals surface area contributed by atoms with E-state index in [2.05, 4.69) is 10.6 Å². The number of amides is 2. The van der Waals surface area contributed by atoms with Crippen LogP contribution in [-0.4, -0.2) is 61.9 Å². The number of hydrogen-bond acceptors (Lipinski definition) is 7. The fourth-order valence-electron chi connectivity index (χ4n) is 5.59. The van der Waals surface area contributed by atoms with E-state index < -0.39 is 12.0 Å². The molecule has 3 unspecified atom stereocenters. The third-order valence-electron chi connectivity index (χ3n) is 8.20. The van der Waals surface area contributed by atoms with Crippen LogP contribution in [0.4, 0.5) is 0 Å². The van der Waals surface area contributed by atoms with Crippen LogP contribution in [0.1, 0.15) is 48.8 Å². The van der Waals surface area contributed by atoms with E-state index in [-0.39, 0.29) is 63.1 Å². The average Bonchev–Trinajstić information content (AvgIpc) is 3.11. The first kappa shape index (κ1) is 36.4. The molecule has 0 radical (unpaired) electrons. The fraction of sp³-hybridized carbons (Fsp3) is 0.410. The van der Waals surface area contributed by atoms with E-state index in [0.717, 1.165) is 35.3 Å². The molecule has 0 saturated heterocycles. The largest absolute Gasteiger partial charge is 0.489 e. The number of rotatable bonds is 14. The molecule has 0 saturated carbocycles. The second kappa shape index (κ2) is 20.7. The Morgan fingerprint density at radius 2 is 1.56 bits per heavy atom. The molecular formula is C39H48N2O7. The summed E-state index contributed by atoms with van der Waals surface area (Å²) in [6, 6.07) is 27.1. The lowest BCUT2D eigenvalue weighted by Gasteiger charge is -2.24. The number of cyclic esters (lactones) is 1. The van der Waals surface area contributed by atoms with Crippen molar-refractivity contribution in [2.75, 3.05) is 33.0 Å². The number of aliphatic hydroxyl groups is 1. The van der Waals surface area contributed by atoms with E-state index in [0.29, 0.717) is 32.3 Å². The van der Waals surface area contributed by atoms with Crippen molar-refractivity contribution < 1.29 is 33.7 Å². The zero-order chi connectivity index (χ0) is 33.8. The summed E-state index contributed by atoms with van der Waals surface area (Å²) in [5.74, 6) is -0.960. The van der Waals surface area contributed by atoms with E-state index in [1.165, 1.54) is 0 Å². The van der Waals surface area contributed by atoms with Gasteiger partial charge in [-0.1, -0.05) is 84.9 Å². The van der Waals surface area contributed by atoms with Crippen molar-refractivity contribution in [3.05, 3.63) is 114 Å². The second-order valence-electron chi connectivity index (χ2n) is 12.1. The fourth-order valence-corrected chi connectivity index (χ4v) is 5.59. The van der Waals surface area contributed by atoms with Crippen molar-refractivity contribution in [3.63, 3.8) is 0 Å². The number of hydrogen-bond donors (Lipinski definition) is 3. The maximum Gasteiger partial charge on any atom is 0.309 e. The molecule has 0 aromatic heterocycles. The molecule has 1 aliphatic heterocycles. The summed E-state index contributed by atoms with van der Waals surface area (Å²) >= 11 is 0. The van der Waals surface area contributed by atoms with E-state index in [9.17, 15) is 14.4 Å². The normalized spacial score (nSPS) is 19.1. The van der Waals surface area contributed by atoms with Crippen molar-refractivity contribution in [2.24, 2.45) is 11.8 Å². The zero-order valence-corrected chi connectivity index (χ0v) is 27.6. The summed E-state index contributed by atoms with van der Waals surface area (Å²) in [7, 11) is 0. The minimum absolute atomic E-state index is 0.00921. The van der Waals surface area contributed by atoms with Gasteiger partial charge in [0, 0.05) is 13.0 Å². The quantitative estimate of drug-likeness (QED) is 0.127. The molecule has 0 fully saturated rings. The first-order valence-corrected chi connectivity index (χ1v) is 16.9. The van der Waals surface area contributed by atoms with Gasteiger partial charge in [0.25, 0.3) is 0 Å². The van der Waals surface area contributed by atoms with Crippen molar-refractivity contribution in [1.82, 2.24) is 10.6 Å². The summed E-state index contributed by atoms with van der Waals surface area (Å²) in [5.41, 5.74) is 3.10. The Balaban J connectivity index is 1.45. The van der Waals surface area contributed by atoms with Gasteiger partial charge in [-0.15, -0.1) is 0 Å². The van der Waals surface area contributed by atoms with Crippen molar-refractivity contribution in [2.45, 2.75) is 57.6 Å². The molecule has 1 heterocycles. The predicted molar refractivity (Wildman–Crippen MR) is 184 cm³/mol. The smallest absolute Gasteiger partial charge is 0.309 e. The Morgan fingerprint density at radius 3 is 2.29 bits per heavy atom. The first-order chi connectivity index (χ1) is 23.5. The number of nitrogens with one attached hydrogen (secondary N) is 2. The van der Waals surface area contributed by atoms with Crippen LogP contribution in [0.15, 0.2) is 97.1 Å². The SMILES string of the molecule is O=C(CC1CC=CCCCC(Cc2ccccc2)C(=O)OCC(Cc2ccc(OCc3ccccc3)cc2)NC1=O)NCCOCCO. The van der Waals surface area contributed by atoms with E-state index in [4.69, 9.17) is 19.3 Å². The molecule has 9 heteroatoms. The van der Waals surface area contributed by atoms with Gasteiger partial charge in [0.15, 0.2) is 0 Å². The number of benzene rings is 3. The van der Waals surface area contributed by atoms with Crippen LogP contribution in [0.3, 0.4) is 0 Å². The zero-order valence-electron chi connectivity index (χ0n) is 27.6. The second-order valence-corrected chi connectivity index (χ2v) is 12.1. The third-order valence-corrected chi connectivity index (χ3v) is 8.20. The number of ether oxygens (including phenoxy) is 3. The van der Waals surface area contributed by atoms with E-state index >= 15 is 0 Å². The Kier molecular flexibility index (Phi) is 15.7. The highest BCUT2D eigenvalue weighted by atomic mass is 16.5. The van der Waals surface area contributed by atoms with Gasteiger partial charge < -0.3 is 30.0 Å². The maximum atomic E-state index is 13.7. The number of allylic oxidation sites excluding steroid dienone is 2. The van der Waals surface area contributed by atoms with Crippen molar-refractivity contribution in [1.29, 1.82) is 0 Å². The highest BCUT2D eigenvalue weighted by molar-refractivity contribution is 5.86. The van der Waals surface area contributed by atoms with Crippen LogP contribution in [0.5, 0.6) is 5.75 Å². The molecule has 0 spiro atoms. The molecule has 3 aromatic rings. The van der Waals surface area contributed by atoms with Gasteiger partial charge >= 0.3 is 5.97 Å². The Bertz CT molecular complexity index is 1410. The lowest BCUT2D eigenvalue weighted by molar-refractivity contribution is -0.150. The standard InChI is InChI=1S/C39H48N2O7/c42-22-24-46-23-21-40-37(43)27-33-15-9-1-2-10-16-34(25-30-11-5-3-6-12-30)39(45)48-29-35(41-38(33)44)26-31-17-19-36(20-18-31)47-28-32-13-7-4-8-14-32/h1,3-9,11-14,17-20,33-35,42H,2,10,15-16,21-29H2,(H,40,43)(H,41,44). The van der Waals surface area contributed by atoms with Crippen LogP contribution in [0.2, 0.25) is 0 Å². The van der Waals surface area contributed by atoms with Crippen molar-refractivity contribution >= 4 is 17.8 Å². The Hall–Kier alpha value is -4.47. The van der Waals surface area contributed by atoms with Gasteiger partial charge in [-0.05, 0) is 67.3 Å². The highest BCUT2D eigenvalue weighted by Gasteiger charge is 2.26. The van der Waals surface area contributed by atoms with E-state index in [1.54, 1.807) is 0 Å². The first-order valence-electron chi connectivity index (χ1n) is 16.9. The van der Waals surface area contributed by atoms with Crippen LogP contribution in [0.25, 0.3) is 0 Å². The van der Waals surface area contributed by atoms with Crippen LogP contribution < -0.4 is 15.4 Å². The number of aliphatic hydroxyl groups excluding tert-OH is 1. The van der Waals surface area contributed by atoms with Crippen molar-refractivity contribution in [3.8, 4) is 5.75 Å². The predicted octanol–water partition coefficient (Wildman–Crippen LogP) is 4.96. The Labute approximate surface area is 283 Å². The molecule has 4 rings (SSSR count). The molecule has 2 amide bonds. The number of esters is 1. The van der Waals surface area contributed by atoms with Gasteiger partial charge in [-0.3, -0.25) is 14.4 Å². The molecule has 1 aliphatic rings. The van der Waals surface area contributed by atoms with Gasteiger partial charge in [0.2, 0.25) is 11.8 Å². The number of carbonyl (C=O) groups excluding carboxylic acids is 3. The van der Waals surface area contributed by atoms with E-state index in [1.807, 2.05) is 97.1 Å². The summed E-state index contributed by atoms with van der Waals surface area (Å²) in [5, 5.41) is 14.7. The molecule has 3 atom stereocenters. The minimum Gasteiger partial charge on any atom is -0.489 e. The third kappa shape index (κ3) is 13.3. The molecule has 0 aliphatic carbocycles. The maximum absolute atomic E-state index is 13.7. The van der Waals surface area contributed by atoms with Gasteiger partial charge in [-0.2, -0.15) is 0 Å². The molecule has 3 aromatic carbocycles. The van der Waals surface area contributed by atoms with Gasteiger partial charge in [0.05, 0.1) is 37.7 Å². The van der Waals surface area contributed by atoms with Gasteiger partial charge in [-0.25, -0.2) is 0 Å². The van der Waals surface area contributed by atoms with Crippen LogP contribution in [-0.2, 0) is 43.3 Å². The van der Waals surface area contributed by atoms with Crippen LogP contribution in [0, 0.1) is 11.8 Å². The molecule has 256 valence electrons. The topological polar surface area (TPSA) is 123 Å². The van der Waals surface area contributed by atoms with Gasteiger partial charge in [0.1, 0.15) is 19.0 Å². The number of carbonyl (C=O) groups is 3. The Morgan fingerprint density at radius 1 is 0.854 bits per heavy atom. The molecule has 9 nitrogen and oxygen atoms in total.